The van der Waals surface area contributed by atoms with Gasteiger partial charge < -0.3 is 5.32 Å². The SMILES string of the molecule is C[C@H](C(=O)Nc1ccc([N+](=O)[O-])cc1Cl)N1CC=C(c2ccccc2)CC1. The quantitative estimate of drug-likeness (QED) is 0.612. The summed E-state index contributed by atoms with van der Waals surface area (Å²) in [6.45, 7) is 3.31. The van der Waals surface area contributed by atoms with E-state index in [9.17, 15) is 14.9 Å². The van der Waals surface area contributed by atoms with E-state index in [4.69, 9.17) is 11.6 Å². The number of hydrogen-bond acceptors (Lipinski definition) is 4. The van der Waals surface area contributed by atoms with Crippen LogP contribution in [0.3, 0.4) is 0 Å². The van der Waals surface area contributed by atoms with Crippen LogP contribution in [0.5, 0.6) is 0 Å². The van der Waals surface area contributed by atoms with E-state index in [1.165, 1.54) is 29.3 Å². The summed E-state index contributed by atoms with van der Waals surface area (Å²) < 4.78 is 0. The summed E-state index contributed by atoms with van der Waals surface area (Å²) in [4.78, 5) is 24.9. The maximum absolute atomic E-state index is 12.6. The molecule has 2 aromatic rings. The van der Waals surface area contributed by atoms with Gasteiger partial charge in [-0.25, -0.2) is 0 Å². The second-order valence-electron chi connectivity index (χ2n) is 6.43. The first-order chi connectivity index (χ1) is 13.0. The van der Waals surface area contributed by atoms with Crippen LogP contribution in [0.4, 0.5) is 11.4 Å². The molecule has 140 valence electrons. The zero-order valence-corrected chi connectivity index (χ0v) is 15.6. The van der Waals surface area contributed by atoms with Crippen LogP contribution in [0.25, 0.3) is 5.57 Å². The Bertz CT molecular complexity index is 883. The monoisotopic (exact) mass is 385 g/mol. The minimum absolute atomic E-state index is 0.111. The first kappa shape index (κ1) is 19.1. The molecule has 0 aliphatic carbocycles. The van der Waals surface area contributed by atoms with Gasteiger partial charge in [-0.1, -0.05) is 48.0 Å². The van der Waals surface area contributed by atoms with Crippen LogP contribution in [0.15, 0.2) is 54.6 Å². The molecule has 7 heteroatoms. The van der Waals surface area contributed by atoms with Crippen LogP contribution >= 0.6 is 11.6 Å². The van der Waals surface area contributed by atoms with Gasteiger partial charge in [0.2, 0.25) is 5.91 Å². The van der Waals surface area contributed by atoms with Crippen LogP contribution in [0.1, 0.15) is 18.9 Å². The van der Waals surface area contributed by atoms with Crippen LogP contribution < -0.4 is 5.32 Å². The molecule has 0 bridgehead atoms. The van der Waals surface area contributed by atoms with Gasteiger partial charge in [-0.05, 0) is 30.5 Å². The van der Waals surface area contributed by atoms with E-state index in [2.05, 4.69) is 28.4 Å². The van der Waals surface area contributed by atoms with Crippen molar-refractivity contribution < 1.29 is 9.72 Å². The van der Waals surface area contributed by atoms with E-state index in [1.807, 2.05) is 25.1 Å². The van der Waals surface area contributed by atoms with Gasteiger partial charge in [0.15, 0.2) is 0 Å². The maximum Gasteiger partial charge on any atom is 0.271 e. The molecule has 1 aliphatic rings. The number of nitro groups is 1. The topological polar surface area (TPSA) is 75.5 Å². The molecule has 27 heavy (non-hydrogen) atoms. The van der Waals surface area contributed by atoms with Crippen LogP contribution in [-0.2, 0) is 4.79 Å². The average Bonchev–Trinajstić information content (AvgIpc) is 2.69. The fourth-order valence-electron chi connectivity index (χ4n) is 3.07. The minimum Gasteiger partial charge on any atom is -0.323 e. The number of non-ortho nitro benzene ring substituents is 1. The van der Waals surface area contributed by atoms with E-state index >= 15 is 0 Å². The first-order valence-corrected chi connectivity index (χ1v) is 9.07. The molecule has 0 saturated heterocycles. The highest BCUT2D eigenvalue weighted by Crippen LogP contribution is 2.27. The normalized spacial score (nSPS) is 15.7. The Labute approximate surface area is 162 Å². The molecule has 6 nitrogen and oxygen atoms in total. The van der Waals surface area contributed by atoms with Crippen LogP contribution in [0.2, 0.25) is 5.02 Å². The number of amides is 1. The third-order valence-electron chi connectivity index (χ3n) is 4.73. The standard InChI is InChI=1S/C20H20ClN3O3/c1-14(20(25)22-19-8-7-17(24(26)27)13-18(19)21)23-11-9-16(10-12-23)15-5-3-2-4-6-15/h2-9,13-14H,10-12H2,1H3,(H,22,25)/t14-/m1/s1. The molecular formula is C20H20ClN3O3. The lowest BCUT2D eigenvalue weighted by Gasteiger charge is -2.31. The second kappa shape index (κ2) is 8.33. The summed E-state index contributed by atoms with van der Waals surface area (Å²) in [5, 5.41) is 13.7. The second-order valence-corrected chi connectivity index (χ2v) is 6.83. The fourth-order valence-corrected chi connectivity index (χ4v) is 3.30. The molecule has 1 N–H and O–H groups in total. The molecule has 0 aromatic heterocycles. The predicted octanol–water partition coefficient (Wildman–Crippen LogP) is 4.36. The van der Waals surface area contributed by atoms with Crippen molar-refractivity contribution in [1.29, 1.82) is 0 Å². The molecule has 0 spiro atoms. The van der Waals surface area contributed by atoms with E-state index in [-0.39, 0.29) is 22.7 Å². The largest absolute Gasteiger partial charge is 0.323 e. The van der Waals surface area contributed by atoms with Crippen molar-refractivity contribution in [2.75, 3.05) is 18.4 Å². The van der Waals surface area contributed by atoms with E-state index in [0.29, 0.717) is 12.2 Å². The Morgan fingerprint density at radius 2 is 2.00 bits per heavy atom. The van der Waals surface area contributed by atoms with Gasteiger partial charge in [0.05, 0.1) is 21.7 Å². The lowest BCUT2D eigenvalue weighted by Crippen LogP contribution is -2.44. The van der Waals surface area contributed by atoms with Crippen molar-refractivity contribution in [3.05, 3.63) is 75.3 Å². The summed E-state index contributed by atoms with van der Waals surface area (Å²) >= 11 is 6.05. The van der Waals surface area contributed by atoms with Crippen molar-refractivity contribution in [2.24, 2.45) is 0 Å². The Kier molecular flexibility index (Phi) is 5.88. The highest BCUT2D eigenvalue weighted by molar-refractivity contribution is 6.34. The molecule has 0 radical (unpaired) electrons. The van der Waals surface area contributed by atoms with Crippen LogP contribution in [0, 0.1) is 10.1 Å². The number of nitrogens with zero attached hydrogens (tertiary/aromatic N) is 2. The summed E-state index contributed by atoms with van der Waals surface area (Å²) in [6.07, 6.45) is 3.03. The lowest BCUT2D eigenvalue weighted by atomic mass is 9.99. The molecule has 1 heterocycles. The highest BCUT2D eigenvalue weighted by atomic mass is 35.5. The molecule has 1 atom stereocenters. The number of nitrogens with one attached hydrogen (secondary N) is 1. The number of rotatable bonds is 5. The van der Waals surface area contributed by atoms with E-state index in [1.54, 1.807) is 0 Å². The number of benzene rings is 2. The van der Waals surface area contributed by atoms with E-state index in [0.717, 1.165) is 13.0 Å². The Hall–Kier alpha value is -2.70. The summed E-state index contributed by atoms with van der Waals surface area (Å²) in [6, 6.07) is 13.9. The van der Waals surface area contributed by atoms with Crippen molar-refractivity contribution in [1.82, 2.24) is 4.90 Å². The molecular weight excluding hydrogens is 366 g/mol. The predicted molar refractivity (Wildman–Crippen MR) is 107 cm³/mol. The zero-order valence-electron chi connectivity index (χ0n) is 14.9. The van der Waals surface area contributed by atoms with Crippen LogP contribution in [-0.4, -0.2) is 34.9 Å². The van der Waals surface area contributed by atoms with Crippen molar-refractivity contribution in [3.8, 4) is 0 Å². The number of halogens is 1. The third-order valence-corrected chi connectivity index (χ3v) is 5.05. The Balaban J connectivity index is 1.63. The molecule has 1 aliphatic heterocycles. The molecule has 0 saturated carbocycles. The lowest BCUT2D eigenvalue weighted by molar-refractivity contribution is -0.384. The fraction of sp³-hybridized carbons (Fsp3) is 0.250. The summed E-state index contributed by atoms with van der Waals surface area (Å²) in [7, 11) is 0. The summed E-state index contributed by atoms with van der Waals surface area (Å²) in [5.41, 5.74) is 2.77. The number of carbonyl (C=O) groups is 1. The highest BCUT2D eigenvalue weighted by Gasteiger charge is 2.24. The van der Waals surface area contributed by atoms with Gasteiger partial charge in [-0.2, -0.15) is 0 Å². The zero-order chi connectivity index (χ0) is 19.4. The van der Waals surface area contributed by atoms with Crippen molar-refractivity contribution >= 4 is 34.5 Å². The van der Waals surface area contributed by atoms with E-state index < -0.39 is 4.92 Å². The first-order valence-electron chi connectivity index (χ1n) is 8.69. The number of nitro benzene ring substituents is 1. The Morgan fingerprint density at radius 3 is 2.59 bits per heavy atom. The van der Waals surface area contributed by atoms with Gasteiger partial charge in [0.1, 0.15) is 0 Å². The van der Waals surface area contributed by atoms with Crippen molar-refractivity contribution in [2.45, 2.75) is 19.4 Å². The smallest absolute Gasteiger partial charge is 0.271 e. The van der Waals surface area contributed by atoms with Gasteiger partial charge in [0, 0.05) is 25.2 Å². The van der Waals surface area contributed by atoms with Gasteiger partial charge >= 0.3 is 0 Å². The molecule has 3 rings (SSSR count). The average molecular weight is 386 g/mol. The molecule has 0 fully saturated rings. The number of anilines is 1. The number of carbonyl (C=O) groups excluding carboxylic acids is 1. The molecule has 2 aromatic carbocycles. The van der Waals surface area contributed by atoms with Gasteiger partial charge in [-0.3, -0.25) is 19.8 Å². The van der Waals surface area contributed by atoms with Gasteiger partial charge in [0.25, 0.3) is 5.69 Å². The maximum atomic E-state index is 12.6. The Morgan fingerprint density at radius 1 is 1.26 bits per heavy atom. The van der Waals surface area contributed by atoms with Gasteiger partial charge in [-0.15, -0.1) is 0 Å². The minimum atomic E-state index is -0.523. The molecule has 1 amide bonds. The summed E-state index contributed by atoms with van der Waals surface area (Å²) in [5.74, 6) is -0.192. The molecule has 0 unspecified atom stereocenters. The third kappa shape index (κ3) is 4.53. The number of hydrogen-bond donors (Lipinski definition) is 1. The van der Waals surface area contributed by atoms with Crippen molar-refractivity contribution in [3.63, 3.8) is 0 Å².